The van der Waals surface area contributed by atoms with Gasteiger partial charge >= 0.3 is 11.9 Å². The molecule has 0 saturated carbocycles. The maximum Gasteiger partial charge on any atom is 0.338 e. The molecule has 30 heavy (non-hydrogen) atoms. The van der Waals surface area contributed by atoms with Crippen LogP contribution in [0, 0.1) is 0 Å². The summed E-state index contributed by atoms with van der Waals surface area (Å²) >= 11 is 0. The highest BCUT2D eigenvalue weighted by Crippen LogP contribution is 2.14. The summed E-state index contributed by atoms with van der Waals surface area (Å²) < 4.78 is 10.1. The topological polar surface area (TPSA) is 105 Å². The van der Waals surface area contributed by atoms with Gasteiger partial charge in [-0.3, -0.25) is 14.9 Å². The second kappa shape index (κ2) is 11.7. The molecule has 0 saturated heterocycles. The van der Waals surface area contributed by atoms with Crippen molar-refractivity contribution in [3.63, 3.8) is 0 Å². The van der Waals surface area contributed by atoms with E-state index in [1.54, 1.807) is 60.6 Å². The van der Waals surface area contributed by atoms with Crippen LogP contribution in [0.1, 0.15) is 45.7 Å². The standard InChI is InChI=1S/C22H26N2O6/c1-3-29-21(26)18-9-5-7-16(11-18)13-24(15-20(25)23-28)14-17-8-6-10-19(12-17)22(27)30-4-2/h5-12,28H,3-4,13-15H2,1-2H3,(H,23,25). The van der Waals surface area contributed by atoms with E-state index in [0.29, 0.717) is 24.2 Å². The van der Waals surface area contributed by atoms with Gasteiger partial charge in [-0.2, -0.15) is 0 Å². The van der Waals surface area contributed by atoms with E-state index < -0.39 is 17.8 Å². The molecule has 2 N–H and O–H groups in total. The van der Waals surface area contributed by atoms with Crippen molar-refractivity contribution in [2.75, 3.05) is 19.8 Å². The molecule has 8 heteroatoms. The first kappa shape index (κ1) is 23.1. The van der Waals surface area contributed by atoms with Gasteiger partial charge in [0, 0.05) is 13.1 Å². The molecule has 8 nitrogen and oxygen atoms in total. The van der Waals surface area contributed by atoms with Crippen molar-refractivity contribution < 1.29 is 29.1 Å². The molecule has 0 fully saturated rings. The lowest BCUT2D eigenvalue weighted by Gasteiger charge is -2.22. The number of amides is 1. The lowest BCUT2D eigenvalue weighted by Crippen LogP contribution is -2.35. The number of nitrogens with one attached hydrogen (secondary N) is 1. The SMILES string of the molecule is CCOC(=O)c1cccc(CN(CC(=O)NO)Cc2cccc(C(=O)OCC)c2)c1. The lowest BCUT2D eigenvalue weighted by atomic mass is 10.1. The minimum absolute atomic E-state index is 0.0796. The molecule has 0 atom stereocenters. The predicted molar refractivity (Wildman–Crippen MR) is 109 cm³/mol. The molecule has 0 aliphatic heterocycles. The first-order valence-corrected chi connectivity index (χ1v) is 9.64. The van der Waals surface area contributed by atoms with Crippen LogP contribution in [-0.2, 0) is 27.4 Å². The Morgan fingerprint density at radius 1 is 0.867 bits per heavy atom. The van der Waals surface area contributed by atoms with Gasteiger partial charge in [-0.25, -0.2) is 15.1 Å². The number of rotatable bonds is 10. The van der Waals surface area contributed by atoms with Crippen LogP contribution in [-0.4, -0.2) is 47.7 Å². The maximum absolute atomic E-state index is 12.0. The fourth-order valence-electron chi connectivity index (χ4n) is 2.94. The number of benzene rings is 2. The molecule has 0 unspecified atom stereocenters. The zero-order valence-corrected chi connectivity index (χ0v) is 17.1. The number of ether oxygens (including phenoxy) is 2. The Morgan fingerprint density at radius 2 is 1.33 bits per heavy atom. The van der Waals surface area contributed by atoms with Gasteiger partial charge in [-0.15, -0.1) is 0 Å². The van der Waals surface area contributed by atoms with Crippen LogP contribution in [0.2, 0.25) is 0 Å². The average molecular weight is 414 g/mol. The monoisotopic (exact) mass is 414 g/mol. The summed E-state index contributed by atoms with van der Waals surface area (Å²) in [4.78, 5) is 37.5. The molecule has 160 valence electrons. The van der Waals surface area contributed by atoms with Gasteiger partial charge in [0.15, 0.2) is 0 Å². The Labute approximate surface area is 175 Å². The maximum atomic E-state index is 12.0. The molecule has 2 aromatic carbocycles. The van der Waals surface area contributed by atoms with Crippen LogP contribution in [0.15, 0.2) is 48.5 Å². The van der Waals surface area contributed by atoms with Crippen molar-refractivity contribution in [3.05, 3.63) is 70.8 Å². The summed E-state index contributed by atoms with van der Waals surface area (Å²) in [5.74, 6) is -1.40. The molecular weight excluding hydrogens is 388 g/mol. The number of nitrogens with zero attached hydrogens (tertiary/aromatic N) is 1. The van der Waals surface area contributed by atoms with Crippen molar-refractivity contribution in [3.8, 4) is 0 Å². The van der Waals surface area contributed by atoms with Crippen LogP contribution in [0.4, 0.5) is 0 Å². The molecule has 1 amide bonds. The average Bonchev–Trinajstić information content (AvgIpc) is 2.74. The van der Waals surface area contributed by atoms with Gasteiger partial charge in [0.2, 0.25) is 0 Å². The Balaban J connectivity index is 2.20. The molecule has 0 aliphatic rings. The highest BCUT2D eigenvalue weighted by Gasteiger charge is 2.15. The fraction of sp³-hybridized carbons (Fsp3) is 0.318. The zero-order chi connectivity index (χ0) is 21.9. The summed E-state index contributed by atoms with van der Waals surface area (Å²) in [5, 5.41) is 8.92. The second-order valence-corrected chi connectivity index (χ2v) is 6.52. The lowest BCUT2D eigenvalue weighted by molar-refractivity contribution is -0.130. The van der Waals surface area contributed by atoms with Crippen LogP contribution < -0.4 is 5.48 Å². The van der Waals surface area contributed by atoms with Crippen molar-refractivity contribution in [1.29, 1.82) is 0 Å². The summed E-state index contributed by atoms with van der Waals surface area (Å²) in [7, 11) is 0. The third-order valence-corrected chi connectivity index (χ3v) is 4.18. The zero-order valence-electron chi connectivity index (χ0n) is 17.1. The number of carbonyl (C=O) groups is 3. The molecule has 0 radical (unpaired) electrons. The van der Waals surface area contributed by atoms with Crippen molar-refractivity contribution in [2.45, 2.75) is 26.9 Å². The largest absolute Gasteiger partial charge is 0.462 e. The van der Waals surface area contributed by atoms with E-state index in [4.69, 9.17) is 14.7 Å². The Morgan fingerprint density at radius 3 is 1.73 bits per heavy atom. The summed E-state index contributed by atoms with van der Waals surface area (Å²) in [6.45, 7) is 4.63. The van der Waals surface area contributed by atoms with E-state index in [2.05, 4.69) is 0 Å². The quantitative estimate of drug-likeness (QED) is 0.350. The molecule has 2 rings (SSSR count). The van der Waals surface area contributed by atoms with E-state index in [-0.39, 0.29) is 19.8 Å². The van der Waals surface area contributed by atoms with Gasteiger partial charge in [-0.05, 0) is 49.2 Å². The second-order valence-electron chi connectivity index (χ2n) is 6.52. The van der Waals surface area contributed by atoms with Gasteiger partial charge in [0.25, 0.3) is 5.91 Å². The van der Waals surface area contributed by atoms with E-state index >= 15 is 0 Å². The van der Waals surface area contributed by atoms with E-state index in [0.717, 1.165) is 11.1 Å². The molecule has 0 aromatic heterocycles. The third kappa shape index (κ3) is 6.98. The smallest absolute Gasteiger partial charge is 0.338 e. The first-order chi connectivity index (χ1) is 14.5. The highest BCUT2D eigenvalue weighted by atomic mass is 16.5. The van der Waals surface area contributed by atoms with Crippen LogP contribution >= 0.6 is 0 Å². The van der Waals surface area contributed by atoms with Crippen molar-refractivity contribution >= 4 is 17.8 Å². The van der Waals surface area contributed by atoms with Gasteiger partial charge < -0.3 is 9.47 Å². The molecule has 2 aromatic rings. The molecule has 0 bridgehead atoms. The Kier molecular flexibility index (Phi) is 8.99. The highest BCUT2D eigenvalue weighted by molar-refractivity contribution is 5.90. The number of hydroxylamine groups is 1. The number of carbonyl (C=O) groups excluding carboxylic acids is 3. The van der Waals surface area contributed by atoms with Crippen LogP contribution in [0.5, 0.6) is 0 Å². The Hall–Kier alpha value is -3.23. The Bertz CT molecular complexity index is 820. The predicted octanol–water partition coefficient (Wildman–Crippen LogP) is 2.55. The number of hydrogen-bond acceptors (Lipinski definition) is 7. The number of hydrogen-bond donors (Lipinski definition) is 2. The van der Waals surface area contributed by atoms with E-state index in [1.807, 2.05) is 12.1 Å². The first-order valence-electron chi connectivity index (χ1n) is 9.64. The van der Waals surface area contributed by atoms with Crippen molar-refractivity contribution in [1.82, 2.24) is 10.4 Å². The molecule has 0 heterocycles. The van der Waals surface area contributed by atoms with Gasteiger partial charge in [0.1, 0.15) is 0 Å². The molecule has 0 spiro atoms. The van der Waals surface area contributed by atoms with Crippen LogP contribution in [0.25, 0.3) is 0 Å². The minimum Gasteiger partial charge on any atom is -0.462 e. The summed E-state index contributed by atoms with van der Waals surface area (Å²) in [6.07, 6.45) is 0. The molecule has 0 aliphatic carbocycles. The fourth-order valence-corrected chi connectivity index (χ4v) is 2.94. The van der Waals surface area contributed by atoms with Gasteiger partial charge in [0.05, 0.1) is 30.9 Å². The minimum atomic E-state index is -0.571. The normalized spacial score (nSPS) is 10.5. The van der Waals surface area contributed by atoms with E-state index in [1.165, 1.54) is 0 Å². The number of esters is 2. The summed E-state index contributed by atoms with van der Waals surface area (Å²) in [5.41, 5.74) is 4.07. The van der Waals surface area contributed by atoms with Gasteiger partial charge in [-0.1, -0.05) is 24.3 Å². The van der Waals surface area contributed by atoms with E-state index in [9.17, 15) is 14.4 Å². The summed E-state index contributed by atoms with van der Waals surface area (Å²) in [6, 6.07) is 13.9. The molecular formula is C22H26N2O6. The third-order valence-electron chi connectivity index (χ3n) is 4.18. The van der Waals surface area contributed by atoms with Crippen molar-refractivity contribution in [2.24, 2.45) is 0 Å². The van der Waals surface area contributed by atoms with Crippen LogP contribution in [0.3, 0.4) is 0 Å².